The number of benzene rings is 3. The molecule has 0 aromatic heterocycles. The molecule has 0 amide bonds. The van der Waals surface area contributed by atoms with Gasteiger partial charge in [0.05, 0.1) is 16.5 Å². The molecule has 3 aromatic carbocycles. The van der Waals surface area contributed by atoms with Gasteiger partial charge in [-0.2, -0.15) is 13.2 Å². The highest BCUT2D eigenvalue weighted by atomic mass is 127. The van der Waals surface area contributed by atoms with E-state index in [0.717, 1.165) is 11.3 Å². The lowest BCUT2D eigenvalue weighted by Crippen LogP contribution is -2.17. The molecule has 1 aliphatic rings. The molecule has 6 heteroatoms. The molecular weight excluding hydrogens is 583 g/mol. The van der Waals surface area contributed by atoms with Crippen LogP contribution in [0.2, 0.25) is 0 Å². The lowest BCUT2D eigenvalue weighted by Gasteiger charge is -2.21. The molecule has 0 saturated heterocycles. The minimum absolute atomic E-state index is 0.387. The number of halogens is 5. The molecule has 0 saturated carbocycles. The van der Waals surface area contributed by atoms with Gasteiger partial charge >= 0.3 is 6.18 Å². The van der Waals surface area contributed by atoms with Crippen LogP contribution >= 0.6 is 45.2 Å². The Labute approximate surface area is 179 Å². The van der Waals surface area contributed by atoms with Crippen LogP contribution in [0.5, 0.6) is 0 Å². The topological polar surface area (TPSA) is 0 Å². The Kier molecular flexibility index (Phi) is 5.02. The number of hydrogen-bond donors (Lipinski definition) is 0. The molecule has 26 heavy (non-hydrogen) atoms. The van der Waals surface area contributed by atoms with Crippen molar-refractivity contribution in [2.24, 2.45) is 0 Å². The third-order valence-corrected chi connectivity index (χ3v) is 9.92. The maximum atomic E-state index is 12.9. The first-order valence-corrected chi connectivity index (χ1v) is 11.2. The molecule has 0 bridgehead atoms. The van der Waals surface area contributed by atoms with Gasteiger partial charge in [-0.3, -0.25) is 0 Å². The predicted molar refractivity (Wildman–Crippen MR) is 115 cm³/mol. The quantitative estimate of drug-likeness (QED) is 0.166. The van der Waals surface area contributed by atoms with Crippen molar-refractivity contribution in [2.45, 2.75) is 27.3 Å². The van der Waals surface area contributed by atoms with Crippen LogP contribution in [-0.2, 0) is 23.5 Å². The zero-order chi connectivity index (χ0) is 18.5. The fraction of sp³-hybridized carbons (Fsp3) is 0.100. The molecule has 0 N–H and O–H groups in total. The van der Waals surface area contributed by atoms with Crippen molar-refractivity contribution in [3.05, 3.63) is 84.5 Å². The van der Waals surface area contributed by atoms with Crippen LogP contribution < -0.4 is 0 Å². The average molecular weight is 595 g/mol. The summed E-state index contributed by atoms with van der Waals surface area (Å²) in [6.07, 6.45) is -3.44. The highest BCUT2D eigenvalue weighted by molar-refractivity contribution is 14.1. The van der Waals surface area contributed by atoms with E-state index < -0.39 is 11.7 Å². The van der Waals surface area contributed by atoms with Crippen molar-refractivity contribution in [1.82, 2.24) is 0 Å². The maximum Gasteiger partial charge on any atom is 0.416 e. The van der Waals surface area contributed by atoms with Crippen LogP contribution in [-0.4, -0.2) is 0 Å². The van der Waals surface area contributed by atoms with Crippen LogP contribution in [0.4, 0.5) is 13.2 Å². The first-order chi connectivity index (χ1) is 12.4. The second-order valence-corrected chi connectivity index (χ2v) is 10.2. The number of fused-ring (bicyclic) bond motifs is 2. The van der Waals surface area contributed by atoms with Crippen molar-refractivity contribution in [3.63, 3.8) is 0 Å². The Bertz CT molecular complexity index is 981. The van der Waals surface area contributed by atoms with Crippen molar-refractivity contribution in [1.29, 1.82) is 0 Å². The van der Waals surface area contributed by atoms with Crippen molar-refractivity contribution < 1.29 is 13.2 Å². The Hall–Kier alpha value is -0.740. The molecule has 0 spiro atoms. The van der Waals surface area contributed by atoms with Gasteiger partial charge in [0.2, 0.25) is 0 Å². The third kappa shape index (κ3) is 3.28. The van der Waals surface area contributed by atoms with Gasteiger partial charge in [0.1, 0.15) is 0 Å². The molecule has 3 aromatic rings. The molecule has 1 atom stereocenters. The van der Waals surface area contributed by atoms with Gasteiger partial charge < -0.3 is 0 Å². The van der Waals surface area contributed by atoms with E-state index in [1.54, 1.807) is 12.1 Å². The fourth-order valence-corrected chi connectivity index (χ4v) is 6.87. The minimum atomic E-state index is -4.31. The summed E-state index contributed by atoms with van der Waals surface area (Å²) >= 11 is 4.72. The first-order valence-electron chi connectivity index (χ1n) is 7.82. The largest absolute Gasteiger partial charge is 0.416 e. The average Bonchev–Trinajstić information content (AvgIpc) is 2.63. The van der Waals surface area contributed by atoms with Crippen LogP contribution in [0.15, 0.2) is 75.4 Å². The van der Waals surface area contributed by atoms with E-state index in [1.807, 2.05) is 12.1 Å². The Balaban J connectivity index is 1.90. The second-order valence-electron chi connectivity index (χ2n) is 5.95. The summed E-state index contributed by atoms with van der Waals surface area (Å²) in [6, 6.07) is 18.1. The molecular formula is C20H12F3I2S+. The fourth-order valence-electron chi connectivity index (χ4n) is 3.12. The van der Waals surface area contributed by atoms with E-state index in [9.17, 15) is 13.2 Å². The number of alkyl halides is 3. The Morgan fingerprint density at radius 3 is 2.19 bits per heavy atom. The molecule has 1 heterocycles. The molecule has 1 aliphatic heterocycles. The molecule has 0 radical (unpaired) electrons. The minimum Gasteiger partial charge on any atom is -0.166 e. The van der Waals surface area contributed by atoms with Crippen LogP contribution in [0, 0.1) is 7.14 Å². The predicted octanol–water partition coefficient (Wildman–Crippen LogP) is 6.91. The van der Waals surface area contributed by atoms with Gasteiger partial charge in [-0.1, -0.05) is 18.2 Å². The van der Waals surface area contributed by atoms with Gasteiger partial charge in [0.15, 0.2) is 14.7 Å². The van der Waals surface area contributed by atoms with E-state index in [4.69, 9.17) is 0 Å². The zero-order valence-corrected chi connectivity index (χ0v) is 18.4. The van der Waals surface area contributed by atoms with E-state index in [1.165, 1.54) is 40.2 Å². The third-order valence-electron chi connectivity index (χ3n) is 4.35. The van der Waals surface area contributed by atoms with Crippen LogP contribution in [0.25, 0.3) is 0 Å². The molecule has 132 valence electrons. The summed E-state index contributed by atoms with van der Waals surface area (Å²) in [5, 5.41) is 0. The Morgan fingerprint density at radius 1 is 0.808 bits per heavy atom. The molecule has 0 aliphatic carbocycles. The van der Waals surface area contributed by atoms with E-state index >= 15 is 0 Å². The highest BCUT2D eigenvalue weighted by Gasteiger charge is 2.39. The van der Waals surface area contributed by atoms with Crippen LogP contribution in [0.1, 0.15) is 16.7 Å². The standard InChI is InChI=1S/C20H12F3I2S/c21-20(22,23)13-5-7-14(8-6-13)26-17-4-2-1-3-12(17)11-15-18(26)10-9-16(24)19(15)25/h1-10H,11H2/q+1. The van der Waals surface area contributed by atoms with Gasteiger partial charge in [-0.15, -0.1) is 0 Å². The van der Waals surface area contributed by atoms with Crippen LogP contribution in [0.3, 0.4) is 0 Å². The van der Waals surface area contributed by atoms with Crippen molar-refractivity contribution in [2.75, 3.05) is 0 Å². The smallest absolute Gasteiger partial charge is 0.166 e. The lowest BCUT2D eigenvalue weighted by atomic mass is 10.0. The molecule has 0 nitrogen and oxygen atoms in total. The summed E-state index contributed by atoms with van der Waals surface area (Å²) in [6.45, 7) is 0. The number of rotatable bonds is 1. The number of hydrogen-bond acceptors (Lipinski definition) is 0. The summed E-state index contributed by atoms with van der Waals surface area (Å²) in [4.78, 5) is 3.34. The van der Waals surface area contributed by atoms with Gasteiger partial charge in [-0.25, -0.2) is 0 Å². The van der Waals surface area contributed by atoms with Crippen molar-refractivity contribution in [3.8, 4) is 0 Å². The summed E-state index contributed by atoms with van der Waals surface area (Å²) in [5.41, 5.74) is 1.94. The lowest BCUT2D eigenvalue weighted by molar-refractivity contribution is -0.137. The molecule has 1 unspecified atom stereocenters. The molecule has 0 fully saturated rings. The second kappa shape index (κ2) is 7.01. The maximum absolute atomic E-state index is 12.9. The van der Waals surface area contributed by atoms with E-state index in [2.05, 4.69) is 69.4 Å². The van der Waals surface area contributed by atoms with E-state index in [0.29, 0.717) is 0 Å². The summed E-state index contributed by atoms with van der Waals surface area (Å²) < 4.78 is 41.3. The normalized spacial score (nSPS) is 16.1. The van der Waals surface area contributed by atoms with Gasteiger partial charge in [0.25, 0.3) is 0 Å². The summed E-state index contributed by atoms with van der Waals surface area (Å²) in [7, 11) is -0.387. The van der Waals surface area contributed by atoms with Gasteiger partial charge in [-0.05, 0) is 87.6 Å². The Morgan fingerprint density at radius 2 is 1.50 bits per heavy atom. The monoisotopic (exact) mass is 595 g/mol. The molecule has 4 rings (SSSR count). The van der Waals surface area contributed by atoms with Crippen molar-refractivity contribution >= 4 is 56.1 Å². The highest BCUT2D eigenvalue weighted by Crippen LogP contribution is 2.43. The van der Waals surface area contributed by atoms with Gasteiger partial charge in [0, 0.05) is 24.7 Å². The van der Waals surface area contributed by atoms with E-state index in [-0.39, 0.29) is 10.9 Å². The zero-order valence-electron chi connectivity index (χ0n) is 13.3. The summed E-state index contributed by atoms with van der Waals surface area (Å²) in [5.74, 6) is 0. The first kappa shape index (κ1) is 18.6. The SMILES string of the molecule is FC(F)(F)c1ccc([S+]2c3ccccc3Cc3c2ccc(I)c3I)cc1.